The van der Waals surface area contributed by atoms with E-state index in [1.54, 1.807) is 0 Å². The van der Waals surface area contributed by atoms with Crippen LogP contribution >= 0.6 is 0 Å². The van der Waals surface area contributed by atoms with Crippen LogP contribution in [0.2, 0.25) is 0 Å². The molecule has 0 aromatic rings. The fourth-order valence-electron chi connectivity index (χ4n) is 1.23. The topological polar surface area (TPSA) is 108 Å². The van der Waals surface area contributed by atoms with Crippen molar-refractivity contribution in [3.8, 4) is 0 Å². The van der Waals surface area contributed by atoms with E-state index in [0.717, 1.165) is 0 Å². The Labute approximate surface area is 105 Å². The van der Waals surface area contributed by atoms with Crippen LogP contribution in [-0.4, -0.2) is 80.3 Å². The number of nitrogens with zero attached hydrogens (tertiary/aromatic N) is 1. The maximum atomic E-state index is 11.5. The average molecular weight is 264 g/mol. The highest BCUT2D eigenvalue weighted by atomic mass is 16.5. The van der Waals surface area contributed by atoms with Gasteiger partial charge in [0.15, 0.2) is 6.10 Å². The molecule has 106 valence electrons. The first kappa shape index (κ1) is 16.6. The minimum atomic E-state index is -1.15. The van der Waals surface area contributed by atoms with Crippen molar-refractivity contribution < 1.29 is 29.3 Å². The largest absolute Gasteiger partial charge is 0.479 e. The Hall–Kier alpha value is -1.38. The number of amides is 2. The highest BCUT2D eigenvalue weighted by Crippen LogP contribution is 1.93. The molecule has 2 atom stereocenters. The summed E-state index contributed by atoms with van der Waals surface area (Å²) in [4.78, 5) is 23.4. The van der Waals surface area contributed by atoms with Gasteiger partial charge in [0.1, 0.15) is 0 Å². The third kappa shape index (κ3) is 6.38. The van der Waals surface area contributed by atoms with Gasteiger partial charge in [-0.05, 0) is 0 Å². The molecule has 0 aliphatic heterocycles. The summed E-state index contributed by atoms with van der Waals surface area (Å²) in [6.45, 7) is 0.0627. The van der Waals surface area contributed by atoms with Gasteiger partial charge >= 0.3 is 12.0 Å². The number of carbonyl (C=O) groups excluding carboxylic acids is 1. The second kappa shape index (κ2) is 8.67. The van der Waals surface area contributed by atoms with Gasteiger partial charge in [-0.25, -0.2) is 9.59 Å². The van der Waals surface area contributed by atoms with Crippen LogP contribution in [0.3, 0.4) is 0 Å². The van der Waals surface area contributed by atoms with E-state index in [-0.39, 0.29) is 19.7 Å². The SMILES string of the molecule is COCC(O)CN(C)C(=O)NCC(OC)C(=O)O. The van der Waals surface area contributed by atoms with E-state index in [0.29, 0.717) is 0 Å². The molecule has 8 nitrogen and oxygen atoms in total. The number of hydrogen-bond acceptors (Lipinski definition) is 5. The van der Waals surface area contributed by atoms with E-state index in [1.165, 1.54) is 26.2 Å². The summed E-state index contributed by atoms with van der Waals surface area (Å²) >= 11 is 0. The number of hydrogen-bond donors (Lipinski definition) is 3. The van der Waals surface area contributed by atoms with Gasteiger partial charge in [-0.3, -0.25) is 0 Å². The monoisotopic (exact) mass is 264 g/mol. The lowest BCUT2D eigenvalue weighted by atomic mass is 10.3. The maximum Gasteiger partial charge on any atom is 0.334 e. The minimum Gasteiger partial charge on any atom is -0.479 e. The van der Waals surface area contributed by atoms with Crippen molar-refractivity contribution in [2.75, 3.05) is 41.0 Å². The lowest BCUT2D eigenvalue weighted by Gasteiger charge is -2.21. The van der Waals surface area contributed by atoms with Crippen LogP contribution < -0.4 is 5.32 Å². The van der Waals surface area contributed by atoms with Gasteiger partial charge in [0.25, 0.3) is 0 Å². The molecule has 0 aromatic carbocycles. The Balaban J connectivity index is 4.04. The van der Waals surface area contributed by atoms with Crippen molar-refractivity contribution in [2.45, 2.75) is 12.2 Å². The molecule has 2 unspecified atom stereocenters. The number of aliphatic hydroxyl groups excluding tert-OH is 1. The summed E-state index contributed by atoms with van der Waals surface area (Å²) in [6.07, 6.45) is -1.88. The molecule has 2 amide bonds. The van der Waals surface area contributed by atoms with Gasteiger partial charge in [0.05, 0.1) is 25.8 Å². The van der Waals surface area contributed by atoms with Crippen molar-refractivity contribution in [3.63, 3.8) is 0 Å². The summed E-state index contributed by atoms with van der Waals surface area (Å²) in [5.41, 5.74) is 0. The normalized spacial score (nSPS) is 13.8. The molecule has 0 saturated heterocycles. The Morgan fingerprint density at radius 2 is 2.00 bits per heavy atom. The highest BCUT2D eigenvalue weighted by Gasteiger charge is 2.19. The van der Waals surface area contributed by atoms with Crippen LogP contribution in [0.15, 0.2) is 0 Å². The minimum absolute atomic E-state index is 0.0877. The van der Waals surface area contributed by atoms with Crippen molar-refractivity contribution in [3.05, 3.63) is 0 Å². The number of carbonyl (C=O) groups is 2. The lowest BCUT2D eigenvalue weighted by molar-refractivity contribution is -0.148. The second-order valence-electron chi connectivity index (χ2n) is 3.74. The molecule has 0 aliphatic carbocycles. The Bertz CT molecular complexity index is 273. The average Bonchev–Trinajstić information content (AvgIpc) is 2.29. The molecule has 0 aromatic heterocycles. The molecular weight excluding hydrogens is 244 g/mol. The second-order valence-corrected chi connectivity index (χ2v) is 3.74. The number of carboxylic acid groups (broad SMARTS) is 1. The molecular formula is C10H20N2O6. The standard InChI is InChI=1S/C10H20N2O6/c1-12(5-7(13)6-17-2)10(16)11-4-8(18-3)9(14)15/h7-8,13H,4-6H2,1-3H3,(H,11,16)(H,14,15). The Morgan fingerprint density at radius 1 is 1.39 bits per heavy atom. The van der Waals surface area contributed by atoms with Gasteiger partial charge < -0.3 is 29.9 Å². The molecule has 0 fully saturated rings. The molecule has 0 rings (SSSR count). The number of methoxy groups -OCH3 is 2. The van der Waals surface area contributed by atoms with Gasteiger partial charge in [0, 0.05) is 21.3 Å². The Morgan fingerprint density at radius 3 is 2.44 bits per heavy atom. The van der Waals surface area contributed by atoms with Crippen LogP contribution in [-0.2, 0) is 14.3 Å². The quantitative estimate of drug-likeness (QED) is 0.504. The predicted molar refractivity (Wildman–Crippen MR) is 62.3 cm³/mol. The summed E-state index contributed by atoms with van der Waals surface area (Å²) in [5.74, 6) is -1.15. The van der Waals surface area contributed by atoms with E-state index in [4.69, 9.17) is 9.84 Å². The smallest absolute Gasteiger partial charge is 0.334 e. The lowest BCUT2D eigenvalue weighted by Crippen LogP contribution is -2.46. The first-order valence-electron chi connectivity index (χ1n) is 5.33. The summed E-state index contributed by atoms with van der Waals surface area (Å²) in [5, 5.41) is 20.5. The van der Waals surface area contributed by atoms with Gasteiger partial charge in [-0.15, -0.1) is 0 Å². The van der Waals surface area contributed by atoms with E-state index in [9.17, 15) is 14.7 Å². The summed E-state index contributed by atoms with van der Waals surface area (Å²) < 4.78 is 9.38. The first-order chi connectivity index (χ1) is 8.42. The van der Waals surface area contributed by atoms with E-state index >= 15 is 0 Å². The number of nitrogens with one attached hydrogen (secondary N) is 1. The number of urea groups is 1. The third-order valence-corrected chi connectivity index (χ3v) is 2.19. The van der Waals surface area contributed by atoms with Crippen LogP contribution in [0.5, 0.6) is 0 Å². The number of rotatable bonds is 8. The van der Waals surface area contributed by atoms with Gasteiger partial charge in [-0.1, -0.05) is 0 Å². The van der Waals surface area contributed by atoms with Crippen LogP contribution in [0.1, 0.15) is 0 Å². The van der Waals surface area contributed by atoms with E-state index in [2.05, 4.69) is 10.1 Å². The number of likely N-dealkylation sites (N-methyl/N-ethyl adjacent to an activating group) is 1. The number of carboxylic acids is 1. The Kier molecular flexibility index (Phi) is 8.01. The summed E-state index contributed by atoms with van der Waals surface area (Å²) in [6, 6.07) is -0.492. The molecule has 0 aliphatic rings. The van der Waals surface area contributed by atoms with Crippen LogP contribution in [0, 0.1) is 0 Å². The first-order valence-corrected chi connectivity index (χ1v) is 5.33. The number of aliphatic hydroxyl groups is 1. The molecule has 0 heterocycles. The zero-order chi connectivity index (χ0) is 14.1. The molecule has 8 heteroatoms. The number of ether oxygens (including phenoxy) is 2. The van der Waals surface area contributed by atoms with Gasteiger partial charge in [-0.2, -0.15) is 0 Å². The summed E-state index contributed by atoms with van der Waals surface area (Å²) in [7, 11) is 4.17. The molecule has 18 heavy (non-hydrogen) atoms. The van der Waals surface area contributed by atoms with Crippen molar-refractivity contribution in [2.24, 2.45) is 0 Å². The maximum absolute atomic E-state index is 11.5. The fourth-order valence-corrected chi connectivity index (χ4v) is 1.23. The fraction of sp³-hybridized carbons (Fsp3) is 0.800. The predicted octanol–water partition coefficient (Wildman–Crippen LogP) is -1.27. The molecule has 0 saturated carbocycles. The van der Waals surface area contributed by atoms with E-state index < -0.39 is 24.2 Å². The van der Waals surface area contributed by atoms with E-state index in [1.807, 2.05) is 0 Å². The third-order valence-electron chi connectivity index (χ3n) is 2.19. The van der Waals surface area contributed by atoms with Crippen LogP contribution in [0.25, 0.3) is 0 Å². The molecule has 0 bridgehead atoms. The zero-order valence-corrected chi connectivity index (χ0v) is 10.8. The van der Waals surface area contributed by atoms with Crippen molar-refractivity contribution in [1.82, 2.24) is 10.2 Å². The van der Waals surface area contributed by atoms with Crippen molar-refractivity contribution in [1.29, 1.82) is 0 Å². The molecule has 0 radical (unpaired) electrons. The van der Waals surface area contributed by atoms with Crippen LogP contribution in [0.4, 0.5) is 4.79 Å². The van der Waals surface area contributed by atoms with Gasteiger partial charge in [0.2, 0.25) is 0 Å². The highest BCUT2D eigenvalue weighted by molar-refractivity contribution is 5.76. The van der Waals surface area contributed by atoms with Crippen molar-refractivity contribution >= 4 is 12.0 Å². The zero-order valence-electron chi connectivity index (χ0n) is 10.8. The number of aliphatic carboxylic acids is 1. The molecule has 3 N–H and O–H groups in total. The molecule has 0 spiro atoms.